The van der Waals surface area contributed by atoms with Gasteiger partial charge in [0.05, 0.1) is 19.3 Å². The first kappa shape index (κ1) is 12.8. The molecule has 4 nitrogen and oxygen atoms in total. The van der Waals surface area contributed by atoms with Crippen molar-refractivity contribution >= 4 is 12.3 Å². The molecule has 0 bridgehead atoms. The number of methoxy groups -OCH3 is 1. The summed E-state index contributed by atoms with van der Waals surface area (Å²) in [5.74, 6) is 4.82. The first-order valence-corrected chi connectivity index (χ1v) is 5.03. The third-order valence-electron chi connectivity index (χ3n) is 1.94. The number of hydrogen-bond donors (Lipinski definition) is 0. The van der Waals surface area contributed by atoms with Crippen molar-refractivity contribution < 1.29 is 19.1 Å². The molecular weight excluding hydrogens is 220 g/mol. The summed E-state index contributed by atoms with van der Waals surface area (Å²) < 4.78 is 9.64. The summed E-state index contributed by atoms with van der Waals surface area (Å²) in [4.78, 5) is 21.8. The van der Waals surface area contributed by atoms with Crippen LogP contribution in [0.4, 0.5) is 0 Å². The third kappa shape index (κ3) is 3.65. The molecule has 0 N–H and O–H groups in total. The van der Waals surface area contributed by atoms with Crippen molar-refractivity contribution in [3.63, 3.8) is 0 Å². The van der Waals surface area contributed by atoms with E-state index in [0.717, 1.165) is 0 Å². The van der Waals surface area contributed by atoms with Crippen LogP contribution in [0.2, 0.25) is 0 Å². The number of rotatable bonds is 3. The average Bonchev–Trinajstić information content (AvgIpc) is 2.36. The number of benzene rings is 1. The smallest absolute Gasteiger partial charge is 0.384 e. The van der Waals surface area contributed by atoms with Gasteiger partial charge in [-0.1, -0.05) is 5.92 Å². The lowest BCUT2D eigenvalue weighted by Crippen LogP contribution is -1.99. The van der Waals surface area contributed by atoms with Gasteiger partial charge in [0.1, 0.15) is 5.75 Å². The Labute approximate surface area is 99.5 Å². The molecule has 0 atom stereocenters. The van der Waals surface area contributed by atoms with Gasteiger partial charge < -0.3 is 9.47 Å². The molecule has 0 aliphatic heterocycles. The lowest BCUT2D eigenvalue weighted by molar-refractivity contribution is -0.136. The zero-order valence-electron chi connectivity index (χ0n) is 9.65. The zero-order chi connectivity index (χ0) is 12.7. The van der Waals surface area contributed by atoms with Crippen LogP contribution in [0.15, 0.2) is 18.2 Å². The van der Waals surface area contributed by atoms with Crippen LogP contribution in [0.3, 0.4) is 0 Å². The van der Waals surface area contributed by atoms with Gasteiger partial charge in [-0.2, -0.15) is 0 Å². The first-order valence-electron chi connectivity index (χ1n) is 5.03. The fraction of sp³-hybridized carbons (Fsp3) is 0.231. The minimum atomic E-state index is -0.587. The van der Waals surface area contributed by atoms with Crippen molar-refractivity contribution in [1.29, 1.82) is 0 Å². The van der Waals surface area contributed by atoms with Gasteiger partial charge in [-0.3, -0.25) is 4.79 Å². The normalized spacial score (nSPS) is 8.82. The molecule has 1 rings (SSSR count). The van der Waals surface area contributed by atoms with Crippen molar-refractivity contribution in [2.45, 2.75) is 6.92 Å². The van der Waals surface area contributed by atoms with Gasteiger partial charge in [0.15, 0.2) is 6.29 Å². The van der Waals surface area contributed by atoms with Crippen LogP contribution in [0.1, 0.15) is 22.8 Å². The van der Waals surface area contributed by atoms with E-state index in [1.54, 1.807) is 25.1 Å². The summed E-state index contributed by atoms with van der Waals surface area (Å²) >= 11 is 0. The maximum Gasteiger partial charge on any atom is 0.384 e. The van der Waals surface area contributed by atoms with Crippen molar-refractivity contribution in [2.75, 3.05) is 13.7 Å². The first-order chi connectivity index (χ1) is 8.21. The average molecular weight is 232 g/mol. The Morgan fingerprint density at radius 1 is 1.47 bits per heavy atom. The Kier molecular flexibility index (Phi) is 4.77. The number of esters is 1. The van der Waals surface area contributed by atoms with Crippen LogP contribution in [0.5, 0.6) is 5.75 Å². The lowest BCUT2D eigenvalue weighted by atomic mass is 10.1. The second kappa shape index (κ2) is 6.33. The molecule has 4 heteroatoms. The molecule has 0 spiro atoms. The molecule has 0 heterocycles. The number of ether oxygens (including phenoxy) is 2. The summed E-state index contributed by atoms with van der Waals surface area (Å²) in [6.45, 7) is 1.99. The largest absolute Gasteiger partial charge is 0.496 e. The quantitative estimate of drug-likeness (QED) is 0.449. The fourth-order valence-corrected chi connectivity index (χ4v) is 1.19. The molecule has 0 radical (unpaired) electrons. The number of hydrogen-bond acceptors (Lipinski definition) is 4. The highest BCUT2D eigenvalue weighted by Gasteiger charge is 2.02. The van der Waals surface area contributed by atoms with Gasteiger partial charge in [-0.05, 0) is 25.1 Å². The minimum absolute atomic E-state index is 0.287. The molecule has 0 saturated carbocycles. The highest BCUT2D eigenvalue weighted by Crippen LogP contribution is 2.17. The number of carbonyl (C=O) groups is 2. The maximum absolute atomic E-state index is 11.0. The Morgan fingerprint density at radius 2 is 2.24 bits per heavy atom. The molecule has 0 saturated heterocycles. The molecule has 0 aromatic heterocycles. The summed E-state index contributed by atoms with van der Waals surface area (Å²) in [6, 6.07) is 4.84. The van der Waals surface area contributed by atoms with E-state index in [1.807, 2.05) is 0 Å². The van der Waals surface area contributed by atoms with E-state index < -0.39 is 5.97 Å². The molecule has 1 aromatic rings. The highest BCUT2D eigenvalue weighted by atomic mass is 16.5. The van der Waals surface area contributed by atoms with Crippen molar-refractivity contribution in [3.8, 4) is 17.6 Å². The third-order valence-corrected chi connectivity index (χ3v) is 1.94. The maximum atomic E-state index is 11.0. The summed E-state index contributed by atoms with van der Waals surface area (Å²) in [6.07, 6.45) is 0.675. The van der Waals surface area contributed by atoms with Gasteiger partial charge in [-0.25, -0.2) is 4.79 Å². The molecule has 1 aromatic carbocycles. The van der Waals surface area contributed by atoms with E-state index in [1.165, 1.54) is 7.11 Å². The fourth-order valence-electron chi connectivity index (χ4n) is 1.19. The molecule has 88 valence electrons. The summed E-state index contributed by atoms with van der Waals surface area (Å²) in [7, 11) is 1.48. The molecule has 0 unspecified atom stereocenters. The van der Waals surface area contributed by atoms with E-state index in [0.29, 0.717) is 23.2 Å². The van der Waals surface area contributed by atoms with Gasteiger partial charge in [-0.15, -0.1) is 0 Å². The van der Waals surface area contributed by atoms with Crippen molar-refractivity contribution in [2.24, 2.45) is 0 Å². The van der Waals surface area contributed by atoms with E-state index >= 15 is 0 Å². The standard InChI is InChI=1S/C13H12O4/c1-3-17-13(15)7-5-10-4-6-12(16-2)11(8-10)9-14/h4,6,8-9H,3H2,1-2H3. The van der Waals surface area contributed by atoms with E-state index in [9.17, 15) is 9.59 Å². The van der Waals surface area contributed by atoms with Crippen molar-refractivity contribution in [1.82, 2.24) is 0 Å². The zero-order valence-corrected chi connectivity index (χ0v) is 9.65. The van der Waals surface area contributed by atoms with Crippen molar-refractivity contribution in [3.05, 3.63) is 29.3 Å². The van der Waals surface area contributed by atoms with Crippen LogP contribution in [0, 0.1) is 11.8 Å². The van der Waals surface area contributed by atoms with E-state index in [2.05, 4.69) is 16.6 Å². The molecule has 0 amide bonds. The summed E-state index contributed by atoms with van der Waals surface area (Å²) in [5.41, 5.74) is 0.948. The highest BCUT2D eigenvalue weighted by molar-refractivity contribution is 5.89. The topological polar surface area (TPSA) is 52.6 Å². The molecule has 17 heavy (non-hydrogen) atoms. The Balaban J connectivity index is 2.93. The Bertz CT molecular complexity index is 480. The monoisotopic (exact) mass is 232 g/mol. The van der Waals surface area contributed by atoms with Crippen LogP contribution in [-0.2, 0) is 9.53 Å². The SMILES string of the molecule is CCOC(=O)C#Cc1ccc(OC)c(C=O)c1. The van der Waals surface area contributed by atoms with Crippen LogP contribution >= 0.6 is 0 Å². The van der Waals surface area contributed by atoms with Gasteiger partial charge in [0.2, 0.25) is 0 Å². The van der Waals surface area contributed by atoms with Gasteiger partial charge in [0, 0.05) is 11.5 Å². The Morgan fingerprint density at radius 3 is 2.82 bits per heavy atom. The van der Waals surface area contributed by atoms with E-state index in [4.69, 9.17) is 4.74 Å². The van der Waals surface area contributed by atoms with Gasteiger partial charge >= 0.3 is 5.97 Å². The van der Waals surface area contributed by atoms with Crippen LogP contribution in [0.25, 0.3) is 0 Å². The second-order valence-corrected chi connectivity index (χ2v) is 3.05. The van der Waals surface area contributed by atoms with Crippen LogP contribution < -0.4 is 4.74 Å². The predicted octanol–water partition coefficient (Wildman–Crippen LogP) is 1.42. The minimum Gasteiger partial charge on any atom is -0.496 e. The van der Waals surface area contributed by atoms with E-state index in [-0.39, 0.29) is 6.61 Å². The predicted molar refractivity (Wildman–Crippen MR) is 61.9 cm³/mol. The number of aldehydes is 1. The number of carbonyl (C=O) groups excluding carboxylic acids is 2. The summed E-state index contributed by atoms with van der Waals surface area (Å²) in [5, 5.41) is 0. The second-order valence-electron chi connectivity index (χ2n) is 3.05. The molecule has 0 aliphatic rings. The molecular formula is C13H12O4. The Hall–Kier alpha value is -2.28. The van der Waals surface area contributed by atoms with Crippen LogP contribution in [-0.4, -0.2) is 26.0 Å². The van der Waals surface area contributed by atoms with Gasteiger partial charge in [0.25, 0.3) is 0 Å². The molecule has 0 fully saturated rings. The lowest BCUT2D eigenvalue weighted by Gasteiger charge is -2.02. The molecule has 0 aliphatic carbocycles.